The maximum atomic E-state index is 13.1. The number of carbonyl (C=O) groups is 2. The molecule has 0 radical (unpaired) electrons. The van der Waals surface area contributed by atoms with E-state index in [0.29, 0.717) is 25.4 Å². The number of halogens is 1. The van der Waals surface area contributed by atoms with Crippen molar-refractivity contribution in [1.82, 2.24) is 10.2 Å². The maximum Gasteiger partial charge on any atom is 0.242 e. The molecule has 1 N–H and O–H groups in total. The Hall–Kier alpha value is -1.98. The minimum absolute atomic E-state index is 0.00501. The number of thioether (sulfide) groups is 1. The van der Waals surface area contributed by atoms with Crippen molar-refractivity contribution in [1.29, 1.82) is 0 Å². The summed E-state index contributed by atoms with van der Waals surface area (Å²) in [6.07, 6.45) is 1.16. The maximum absolute atomic E-state index is 13.1. The van der Waals surface area contributed by atoms with E-state index in [4.69, 9.17) is 11.6 Å². The lowest BCUT2D eigenvalue weighted by Crippen LogP contribution is -2.48. The van der Waals surface area contributed by atoms with E-state index in [2.05, 4.69) is 25.2 Å². The topological polar surface area (TPSA) is 49.4 Å². The Morgan fingerprint density at radius 2 is 1.81 bits per heavy atom. The van der Waals surface area contributed by atoms with Crippen LogP contribution in [0.15, 0.2) is 53.4 Å². The molecule has 0 aromatic heterocycles. The molecule has 0 heterocycles. The third-order valence-electron chi connectivity index (χ3n) is 4.90. The second-order valence-corrected chi connectivity index (χ2v) is 9.84. The van der Waals surface area contributed by atoms with Crippen LogP contribution in [-0.4, -0.2) is 35.1 Å². The lowest BCUT2D eigenvalue weighted by atomic mass is 10.1. The van der Waals surface area contributed by atoms with Crippen molar-refractivity contribution in [3.63, 3.8) is 0 Å². The Morgan fingerprint density at radius 1 is 1.10 bits per heavy atom. The van der Waals surface area contributed by atoms with E-state index < -0.39 is 6.04 Å². The average molecular weight is 461 g/mol. The first kappa shape index (κ1) is 25.3. The van der Waals surface area contributed by atoms with Crippen LogP contribution in [0.2, 0.25) is 5.02 Å². The van der Waals surface area contributed by atoms with Gasteiger partial charge in [0.25, 0.3) is 0 Å². The lowest BCUT2D eigenvalue weighted by molar-refractivity contribution is -0.140. The first-order chi connectivity index (χ1) is 14.8. The molecule has 4 nitrogen and oxygen atoms in total. The van der Waals surface area contributed by atoms with Gasteiger partial charge in [-0.15, -0.1) is 11.8 Å². The number of hydrogen-bond donors (Lipinski definition) is 1. The quantitative estimate of drug-likeness (QED) is 0.345. The van der Waals surface area contributed by atoms with Crippen molar-refractivity contribution in [3.8, 4) is 0 Å². The molecule has 2 aromatic carbocycles. The molecule has 2 rings (SSSR count). The molecule has 6 heteroatoms. The zero-order valence-corrected chi connectivity index (χ0v) is 20.4. The molecule has 2 amide bonds. The molecule has 0 aliphatic rings. The van der Waals surface area contributed by atoms with Crippen molar-refractivity contribution in [2.45, 2.75) is 58.0 Å². The van der Waals surface area contributed by atoms with Gasteiger partial charge in [0, 0.05) is 29.4 Å². The third-order valence-corrected chi connectivity index (χ3v) is 6.25. The normalized spacial score (nSPS) is 11.9. The molecular weight excluding hydrogens is 428 g/mol. The van der Waals surface area contributed by atoms with Gasteiger partial charge in [0.05, 0.1) is 0 Å². The fourth-order valence-corrected chi connectivity index (χ4v) is 4.11. The molecule has 168 valence electrons. The van der Waals surface area contributed by atoms with Gasteiger partial charge < -0.3 is 10.2 Å². The van der Waals surface area contributed by atoms with Crippen LogP contribution in [0.1, 0.15) is 44.7 Å². The van der Waals surface area contributed by atoms with Crippen molar-refractivity contribution >= 4 is 35.2 Å². The van der Waals surface area contributed by atoms with Gasteiger partial charge >= 0.3 is 0 Å². The Labute approximate surface area is 195 Å². The van der Waals surface area contributed by atoms with Crippen molar-refractivity contribution in [2.75, 3.05) is 12.3 Å². The van der Waals surface area contributed by atoms with Gasteiger partial charge in [-0.05, 0) is 61.8 Å². The van der Waals surface area contributed by atoms with Crippen molar-refractivity contribution in [2.24, 2.45) is 5.92 Å². The number of aryl methyl sites for hydroxylation is 1. The van der Waals surface area contributed by atoms with E-state index in [1.165, 1.54) is 0 Å². The van der Waals surface area contributed by atoms with Crippen LogP contribution in [0.3, 0.4) is 0 Å². The molecule has 0 bridgehead atoms. The van der Waals surface area contributed by atoms with Crippen LogP contribution in [-0.2, 0) is 16.1 Å². The summed E-state index contributed by atoms with van der Waals surface area (Å²) in [5, 5.41) is 3.68. The summed E-state index contributed by atoms with van der Waals surface area (Å²) < 4.78 is 0. The molecule has 0 saturated heterocycles. The highest BCUT2D eigenvalue weighted by atomic mass is 35.5. The van der Waals surface area contributed by atoms with Crippen LogP contribution in [0, 0.1) is 12.8 Å². The zero-order chi connectivity index (χ0) is 22.8. The van der Waals surface area contributed by atoms with Gasteiger partial charge in [0.2, 0.25) is 11.8 Å². The van der Waals surface area contributed by atoms with Crippen LogP contribution >= 0.6 is 23.4 Å². The standard InChI is InChI=1S/C25H33ClN2O2S/c1-18(2)16-27-25(30)20(4)28(17-21-8-5-7-19(3)15-21)24(29)9-6-14-31-23-12-10-22(26)11-13-23/h5,7-8,10-13,15,18,20H,6,9,14,16-17H2,1-4H3,(H,27,30)/t20-/m0/s1. The van der Waals surface area contributed by atoms with Crippen LogP contribution in [0.25, 0.3) is 0 Å². The van der Waals surface area contributed by atoms with Crippen LogP contribution in [0.5, 0.6) is 0 Å². The molecule has 0 spiro atoms. The minimum Gasteiger partial charge on any atom is -0.354 e. The molecule has 0 fully saturated rings. The largest absolute Gasteiger partial charge is 0.354 e. The van der Waals surface area contributed by atoms with Gasteiger partial charge in [-0.25, -0.2) is 0 Å². The van der Waals surface area contributed by atoms with E-state index >= 15 is 0 Å². The van der Waals surface area contributed by atoms with Gasteiger partial charge in [0.15, 0.2) is 0 Å². The first-order valence-corrected chi connectivity index (χ1v) is 12.1. The number of nitrogens with one attached hydrogen (secondary N) is 1. The number of hydrogen-bond acceptors (Lipinski definition) is 3. The van der Waals surface area contributed by atoms with Crippen molar-refractivity contribution in [3.05, 3.63) is 64.7 Å². The highest BCUT2D eigenvalue weighted by molar-refractivity contribution is 7.99. The average Bonchev–Trinajstić information content (AvgIpc) is 2.74. The second-order valence-electron chi connectivity index (χ2n) is 8.23. The minimum atomic E-state index is -0.518. The summed E-state index contributed by atoms with van der Waals surface area (Å²) >= 11 is 7.63. The van der Waals surface area contributed by atoms with Gasteiger partial charge in [0.1, 0.15) is 6.04 Å². The molecule has 1 atom stereocenters. The molecule has 0 unspecified atom stereocenters. The summed E-state index contributed by atoms with van der Waals surface area (Å²) in [6, 6.07) is 15.3. The molecule has 2 aromatic rings. The van der Waals surface area contributed by atoms with E-state index in [-0.39, 0.29) is 11.8 Å². The van der Waals surface area contributed by atoms with Gasteiger partial charge in [-0.1, -0.05) is 55.3 Å². The zero-order valence-electron chi connectivity index (χ0n) is 18.9. The third kappa shape index (κ3) is 8.96. The number of rotatable bonds is 11. The smallest absolute Gasteiger partial charge is 0.242 e. The molecule has 0 saturated carbocycles. The Bertz CT molecular complexity index is 855. The Morgan fingerprint density at radius 3 is 2.45 bits per heavy atom. The predicted octanol–water partition coefficient (Wildman–Crippen LogP) is 5.71. The summed E-state index contributed by atoms with van der Waals surface area (Å²) in [7, 11) is 0. The highest BCUT2D eigenvalue weighted by Crippen LogP contribution is 2.22. The van der Waals surface area contributed by atoms with Gasteiger partial charge in [-0.3, -0.25) is 9.59 Å². The van der Waals surface area contributed by atoms with Crippen LogP contribution in [0.4, 0.5) is 0 Å². The monoisotopic (exact) mass is 460 g/mol. The van der Waals surface area contributed by atoms with Crippen LogP contribution < -0.4 is 5.32 Å². The molecule has 31 heavy (non-hydrogen) atoms. The second kappa shape index (κ2) is 12.8. The summed E-state index contributed by atoms with van der Waals surface area (Å²) in [6.45, 7) is 8.99. The number of amides is 2. The van der Waals surface area contributed by atoms with E-state index in [1.54, 1.807) is 16.7 Å². The molecular formula is C25H33ClN2O2S. The predicted molar refractivity (Wildman–Crippen MR) is 130 cm³/mol. The summed E-state index contributed by atoms with van der Waals surface area (Å²) in [4.78, 5) is 28.6. The van der Waals surface area contributed by atoms with E-state index in [9.17, 15) is 9.59 Å². The summed E-state index contributed by atoms with van der Waals surface area (Å²) in [5.41, 5.74) is 2.17. The SMILES string of the molecule is Cc1cccc(CN(C(=O)CCCSc2ccc(Cl)cc2)[C@@H](C)C(=O)NCC(C)C)c1. The molecule has 0 aliphatic heterocycles. The number of nitrogens with zero attached hydrogens (tertiary/aromatic N) is 1. The van der Waals surface area contributed by atoms with E-state index in [1.807, 2.05) is 56.3 Å². The highest BCUT2D eigenvalue weighted by Gasteiger charge is 2.25. The summed E-state index contributed by atoms with van der Waals surface area (Å²) in [5.74, 6) is 1.09. The fourth-order valence-electron chi connectivity index (χ4n) is 3.13. The Kier molecular flexibility index (Phi) is 10.4. The first-order valence-electron chi connectivity index (χ1n) is 10.8. The van der Waals surface area contributed by atoms with Crippen molar-refractivity contribution < 1.29 is 9.59 Å². The molecule has 0 aliphatic carbocycles. The fraction of sp³-hybridized carbons (Fsp3) is 0.440. The van der Waals surface area contributed by atoms with E-state index in [0.717, 1.165) is 33.2 Å². The lowest BCUT2D eigenvalue weighted by Gasteiger charge is -2.29. The van der Waals surface area contributed by atoms with Gasteiger partial charge in [-0.2, -0.15) is 0 Å². The number of benzene rings is 2. The Balaban J connectivity index is 1.98. The number of carbonyl (C=O) groups excluding carboxylic acids is 2.